The predicted molar refractivity (Wildman–Crippen MR) is 121 cm³/mol. The number of carbonyl (C=O) groups is 3. The molecule has 0 aliphatic carbocycles. The van der Waals surface area contributed by atoms with E-state index < -0.39 is 0 Å². The summed E-state index contributed by atoms with van der Waals surface area (Å²) in [5.41, 5.74) is 1.13. The predicted octanol–water partition coefficient (Wildman–Crippen LogP) is 1.57. The van der Waals surface area contributed by atoms with E-state index in [1.165, 1.54) is 21.6 Å². The highest BCUT2D eigenvalue weighted by molar-refractivity contribution is 8.00. The van der Waals surface area contributed by atoms with Crippen LogP contribution in [0.3, 0.4) is 0 Å². The molecule has 2 aliphatic rings. The van der Waals surface area contributed by atoms with E-state index in [0.29, 0.717) is 37.4 Å². The summed E-state index contributed by atoms with van der Waals surface area (Å²) < 4.78 is 0. The summed E-state index contributed by atoms with van der Waals surface area (Å²) in [4.78, 5) is 50.3. The second-order valence-electron chi connectivity index (χ2n) is 7.71. The van der Waals surface area contributed by atoms with Crippen molar-refractivity contribution in [3.63, 3.8) is 0 Å². The van der Waals surface area contributed by atoms with E-state index in [1.807, 2.05) is 24.3 Å². The molecule has 2 aliphatic heterocycles. The SMILES string of the molecule is CN(C)C(=O)c1ccc2c(c1)N(CC(=O)N1CCN(c3ccccn3)CC1)C(=O)CS2. The van der Waals surface area contributed by atoms with Gasteiger partial charge in [-0.1, -0.05) is 6.07 Å². The van der Waals surface area contributed by atoms with Crippen LogP contribution in [0.4, 0.5) is 11.5 Å². The molecule has 8 nitrogen and oxygen atoms in total. The number of hydrogen-bond donors (Lipinski definition) is 0. The Balaban J connectivity index is 1.46. The van der Waals surface area contributed by atoms with E-state index in [1.54, 1.807) is 37.3 Å². The Morgan fingerprint density at radius 3 is 2.55 bits per heavy atom. The van der Waals surface area contributed by atoms with E-state index >= 15 is 0 Å². The quantitative estimate of drug-likeness (QED) is 0.720. The maximum atomic E-state index is 13.0. The van der Waals surface area contributed by atoms with Crippen LogP contribution in [0.1, 0.15) is 10.4 Å². The molecule has 4 rings (SSSR count). The summed E-state index contributed by atoms with van der Waals surface area (Å²) in [6.07, 6.45) is 1.76. The molecule has 0 saturated carbocycles. The minimum Gasteiger partial charge on any atom is -0.353 e. The van der Waals surface area contributed by atoms with E-state index in [4.69, 9.17) is 0 Å². The number of aromatic nitrogens is 1. The smallest absolute Gasteiger partial charge is 0.253 e. The first kappa shape index (κ1) is 21.2. The van der Waals surface area contributed by atoms with Crippen LogP contribution in [0, 0.1) is 0 Å². The molecule has 0 N–H and O–H groups in total. The fraction of sp³-hybridized carbons (Fsp3) is 0.364. The molecule has 31 heavy (non-hydrogen) atoms. The van der Waals surface area contributed by atoms with Crippen LogP contribution >= 0.6 is 11.8 Å². The Kier molecular flexibility index (Phi) is 6.13. The number of benzene rings is 1. The lowest BCUT2D eigenvalue weighted by Crippen LogP contribution is -2.52. The lowest BCUT2D eigenvalue weighted by Gasteiger charge is -2.37. The number of piperazine rings is 1. The zero-order valence-corrected chi connectivity index (χ0v) is 18.5. The number of pyridine rings is 1. The van der Waals surface area contributed by atoms with Crippen molar-refractivity contribution < 1.29 is 14.4 Å². The number of anilines is 2. The van der Waals surface area contributed by atoms with E-state index in [0.717, 1.165) is 10.7 Å². The maximum Gasteiger partial charge on any atom is 0.253 e. The lowest BCUT2D eigenvalue weighted by atomic mass is 10.1. The number of nitrogens with zero attached hydrogens (tertiary/aromatic N) is 5. The molecule has 3 heterocycles. The van der Waals surface area contributed by atoms with Crippen molar-refractivity contribution in [3.05, 3.63) is 48.2 Å². The molecule has 2 aromatic rings. The highest BCUT2D eigenvalue weighted by Crippen LogP contribution is 2.36. The van der Waals surface area contributed by atoms with Crippen LogP contribution in [-0.2, 0) is 9.59 Å². The van der Waals surface area contributed by atoms with Crippen LogP contribution in [0.25, 0.3) is 0 Å². The van der Waals surface area contributed by atoms with Crippen LogP contribution in [0.5, 0.6) is 0 Å². The number of carbonyl (C=O) groups excluding carboxylic acids is 3. The van der Waals surface area contributed by atoms with Crippen LogP contribution in [-0.4, -0.2) is 85.1 Å². The molecule has 3 amide bonds. The molecule has 0 unspecified atom stereocenters. The maximum absolute atomic E-state index is 13.0. The Bertz CT molecular complexity index is 990. The minimum absolute atomic E-state index is 0.0183. The molecule has 9 heteroatoms. The van der Waals surface area contributed by atoms with E-state index in [2.05, 4.69) is 9.88 Å². The van der Waals surface area contributed by atoms with Crippen molar-refractivity contribution in [2.45, 2.75) is 4.90 Å². The second kappa shape index (κ2) is 8.97. The van der Waals surface area contributed by atoms with Gasteiger partial charge in [0.05, 0.1) is 11.4 Å². The fourth-order valence-corrected chi connectivity index (χ4v) is 4.64. The topological polar surface area (TPSA) is 77.1 Å². The van der Waals surface area contributed by atoms with Crippen LogP contribution in [0.2, 0.25) is 0 Å². The van der Waals surface area contributed by atoms with E-state index in [-0.39, 0.29) is 30.0 Å². The second-order valence-corrected chi connectivity index (χ2v) is 8.72. The highest BCUT2D eigenvalue weighted by Gasteiger charge is 2.30. The molecule has 1 saturated heterocycles. The minimum atomic E-state index is -0.136. The van der Waals surface area contributed by atoms with Gasteiger partial charge in [0, 0.05) is 56.9 Å². The largest absolute Gasteiger partial charge is 0.353 e. The van der Waals surface area contributed by atoms with Gasteiger partial charge in [0.1, 0.15) is 12.4 Å². The van der Waals surface area contributed by atoms with Crippen molar-refractivity contribution >= 4 is 41.0 Å². The first-order chi connectivity index (χ1) is 14.9. The van der Waals surface area contributed by atoms with Crippen LogP contribution in [0.15, 0.2) is 47.5 Å². The number of thioether (sulfide) groups is 1. The Hall–Kier alpha value is -3.07. The summed E-state index contributed by atoms with van der Waals surface area (Å²) in [6, 6.07) is 11.1. The van der Waals surface area contributed by atoms with Gasteiger partial charge in [-0.2, -0.15) is 0 Å². The summed E-state index contributed by atoms with van der Waals surface area (Å²) in [5, 5.41) is 0. The monoisotopic (exact) mass is 439 g/mol. The molecule has 1 aromatic carbocycles. The Morgan fingerprint density at radius 2 is 1.87 bits per heavy atom. The molecule has 1 aromatic heterocycles. The van der Waals surface area contributed by atoms with Crippen molar-refractivity contribution in [3.8, 4) is 0 Å². The standard InChI is InChI=1S/C22H25N5O3S/c1-24(2)22(30)16-6-7-18-17(13-16)27(21(29)15-31-18)14-20(28)26-11-9-25(10-12-26)19-5-3-4-8-23-19/h3-8,13H,9-12,14-15H2,1-2H3. The third-order valence-electron chi connectivity index (χ3n) is 5.45. The number of hydrogen-bond acceptors (Lipinski definition) is 6. The van der Waals surface area contributed by atoms with Crippen molar-refractivity contribution in [1.82, 2.24) is 14.8 Å². The van der Waals surface area contributed by atoms with E-state index in [9.17, 15) is 14.4 Å². The fourth-order valence-electron chi connectivity index (χ4n) is 3.73. The first-order valence-corrected chi connectivity index (χ1v) is 11.1. The third-order valence-corrected chi connectivity index (χ3v) is 6.50. The van der Waals surface area contributed by atoms with Gasteiger partial charge in [-0.3, -0.25) is 14.4 Å². The van der Waals surface area contributed by atoms with Gasteiger partial charge in [-0.15, -0.1) is 11.8 Å². The molecule has 0 spiro atoms. The van der Waals surface area contributed by atoms with Gasteiger partial charge in [0.2, 0.25) is 11.8 Å². The van der Waals surface area contributed by atoms with Crippen molar-refractivity contribution in [2.75, 3.05) is 62.4 Å². The van der Waals surface area contributed by atoms with Crippen molar-refractivity contribution in [1.29, 1.82) is 0 Å². The number of rotatable bonds is 4. The van der Waals surface area contributed by atoms with Crippen LogP contribution < -0.4 is 9.80 Å². The molecule has 0 bridgehead atoms. The Labute approximate surface area is 185 Å². The number of fused-ring (bicyclic) bond motifs is 1. The number of amides is 3. The zero-order chi connectivity index (χ0) is 22.0. The molecular weight excluding hydrogens is 414 g/mol. The Morgan fingerprint density at radius 1 is 1.10 bits per heavy atom. The van der Waals surface area contributed by atoms with Gasteiger partial charge in [0.25, 0.3) is 5.91 Å². The summed E-state index contributed by atoms with van der Waals surface area (Å²) in [6.45, 7) is 2.54. The molecule has 0 atom stereocenters. The first-order valence-electron chi connectivity index (χ1n) is 10.2. The normalized spacial score (nSPS) is 16.2. The zero-order valence-electron chi connectivity index (χ0n) is 17.7. The third kappa shape index (κ3) is 4.51. The molecule has 0 radical (unpaired) electrons. The lowest BCUT2D eigenvalue weighted by molar-refractivity contribution is -0.131. The summed E-state index contributed by atoms with van der Waals surface area (Å²) >= 11 is 1.44. The van der Waals surface area contributed by atoms with Gasteiger partial charge < -0.3 is 19.6 Å². The van der Waals surface area contributed by atoms with Crippen molar-refractivity contribution in [2.24, 2.45) is 0 Å². The van der Waals surface area contributed by atoms with Gasteiger partial charge >= 0.3 is 0 Å². The van der Waals surface area contributed by atoms with Gasteiger partial charge in [-0.25, -0.2) is 4.98 Å². The summed E-state index contributed by atoms with van der Waals surface area (Å²) in [7, 11) is 3.38. The molecule has 162 valence electrons. The highest BCUT2D eigenvalue weighted by atomic mass is 32.2. The van der Waals surface area contributed by atoms with Gasteiger partial charge in [0.15, 0.2) is 0 Å². The molecular formula is C22H25N5O3S. The molecule has 1 fully saturated rings. The van der Waals surface area contributed by atoms with Gasteiger partial charge in [-0.05, 0) is 30.3 Å². The average Bonchev–Trinajstić information content (AvgIpc) is 2.80. The average molecular weight is 440 g/mol. The summed E-state index contributed by atoms with van der Waals surface area (Å²) in [5.74, 6) is 0.852.